The van der Waals surface area contributed by atoms with Gasteiger partial charge in [-0.1, -0.05) is 0 Å². The van der Waals surface area contributed by atoms with Crippen LogP contribution in [0.5, 0.6) is 0 Å². The summed E-state index contributed by atoms with van der Waals surface area (Å²) in [5.74, 6) is -0.0252. The number of aliphatic hydroxyl groups excluding tert-OH is 1. The topological polar surface area (TPSA) is 58.4 Å². The van der Waals surface area contributed by atoms with Crippen LogP contribution >= 0.6 is 0 Å². The monoisotopic (exact) mass is 211 g/mol. The Morgan fingerprint density at radius 1 is 1.60 bits per heavy atom. The van der Waals surface area contributed by atoms with E-state index in [4.69, 9.17) is 5.11 Å². The van der Waals surface area contributed by atoms with Gasteiger partial charge in [-0.05, 0) is 19.9 Å². The summed E-state index contributed by atoms with van der Waals surface area (Å²) in [4.78, 5) is 13.4. The Balaban J connectivity index is 2.56. The molecule has 0 aromatic carbocycles. The van der Waals surface area contributed by atoms with Gasteiger partial charge in [-0.25, -0.2) is 0 Å². The Morgan fingerprint density at radius 3 is 2.80 bits per heavy atom. The van der Waals surface area contributed by atoms with Crippen LogP contribution < -0.4 is 0 Å². The van der Waals surface area contributed by atoms with Gasteiger partial charge in [0.05, 0.1) is 6.61 Å². The first kappa shape index (κ1) is 11.7. The van der Waals surface area contributed by atoms with E-state index in [0.29, 0.717) is 6.54 Å². The lowest BCUT2D eigenvalue weighted by atomic mass is 10.3. The molecule has 1 aromatic rings. The third kappa shape index (κ3) is 3.36. The fourth-order valence-electron chi connectivity index (χ4n) is 1.40. The lowest BCUT2D eigenvalue weighted by molar-refractivity contribution is -0.134. The van der Waals surface area contributed by atoms with E-state index in [9.17, 15) is 4.79 Å². The van der Waals surface area contributed by atoms with Crippen molar-refractivity contribution in [2.45, 2.75) is 26.4 Å². The first-order chi connectivity index (χ1) is 7.15. The van der Waals surface area contributed by atoms with Crippen LogP contribution in [-0.4, -0.2) is 44.9 Å². The van der Waals surface area contributed by atoms with E-state index in [1.807, 2.05) is 13.8 Å². The van der Waals surface area contributed by atoms with Gasteiger partial charge in [-0.15, -0.1) is 0 Å². The predicted octanol–water partition coefficient (Wildman–Crippen LogP) is 0.112. The van der Waals surface area contributed by atoms with E-state index in [-0.39, 0.29) is 25.1 Å². The van der Waals surface area contributed by atoms with Crippen LogP contribution in [0.2, 0.25) is 0 Å². The Hall–Kier alpha value is -1.36. The standard InChI is InChI=1S/C10H17N3O2/c1-9(2)13(6-7-14)10(15)8-12-5-3-4-11-12/h3-5,9,14H,6-8H2,1-2H3. The third-order valence-corrected chi connectivity index (χ3v) is 2.14. The molecule has 0 spiro atoms. The molecule has 0 saturated carbocycles. The Kier molecular flexibility index (Phi) is 4.30. The fraction of sp³-hybridized carbons (Fsp3) is 0.600. The predicted molar refractivity (Wildman–Crippen MR) is 56.2 cm³/mol. The Labute approximate surface area is 89.3 Å². The highest BCUT2D eigenvalue weighted by atomic mass is 16.3. The van der Waals surface area contributed by atoms with Gasteiger partial charge < -0.3 is 10.0 Å². The van der Waals surface area contributed by atoms with Crippen molar-refractivity contribution >= 4 is 5.91 Å². The van der Waals surface area contributed by atoms with E-state index in [1.54, 1.807) is 28.0 Å². The van der Waals surface area contributed by atoms with Crippen LogP contribution in [0.15, 0.2) is 18.5 Å². The van der Waals surface area contributed by atoms with Crippen LogP contribution in [0.25, 0.3) is 0 Å². The highest BCUT2D eigenvalue weighted by molar-refractivity contribution is 5.76. The van der Waals surface area contributed by atoms with Crippen LogP contribution in [-0.2, 0) is 11.3 Å². The van der Waals surface area contributed by atoms with Gasteiger partial charge in [0.15, 0.2) is 0 Å². The van der Waals surface area contributed by atoms with Gasteiger partial charge in [0.25, 0.3) is 0 Å². The number of nitrogens with zero attached hydrogens (tertiary/aromatic N) is 3. The number of rotatable bonds is 5. The largest absolute Gasteiger partial charge is 0.395 e. The second kappa shape index (κ2) is 5.50. The molecule has 0 aliphatic rings. The number of amides is 1. The molecule has 1 amide bonds. The quantitative estimate of drug-likeness (QED) is 0.752. The lowest BCUT2D eigenvalue weighted by Crippen LogP contribution is -2.41. The van der Waals surface area contributed by atoms with Gasteiger partial charge in [-0.3, -0.25) is 9.48 Å². The van der Waals surface area contributed by atoms with E-state index >= 15 is 0 Å². The molecule has 0 bridgehead atoms. The van der Waals surface area contributed by atoms with Crippen LogP contribution in [0, 0.1) is 0 Å². The SMILES string of the molecule is CC(C)N(CCO)C(=O)Cn1cccn1. The molecule has 0 aliphatic heterocycles. The molecule has 0 fully saturated rings. The van der Waals surface area contributed by atoms with Crippen molar-refractivity contribution in [3.63, 3.8) is 0 Å². The van der Waals surface area contributed by atoms with Crippen molar-refractivity contribution in [3.05, 3.63) is 18.5 Å². The Morgan fingerprint density at radius 2 is 2.33 bits per heavy atom. The van der Waals surface area contributed by atoms with Crippen molar-refractivity contribution in [3.8, 4) is 0 Å². The normalized spacial score (nSPS) is 10.7. The first-order valence-electron chi connectivity index (χ1n) is 5.03. The summed E-state index contributed by atoms with van der Waals surface area (Å²) < 4.78 is 1.58. The molecule has 84 valence electrons. The smallest absolute Gasteiger partial charge is 0.244 e. The summed E-state index contributed by atoms with van der Waals surface area (Å²) in [7, 11) is 0. The van der Waals surface area contributed by atoms with Crippen molar-refractivity contribution in [1.29, 1.82) is 0 Å². The average molecular weight is 211 g/mol. The summed E-state index contributed by atoms with van der Waals surface area (Å²) in [5.41, 5.74) is 0. The van der Waals surface area contributed by atoms with Gasteiger partial charge in [0.2, 0.25) is 5.91 Å². The summed E-state index contributed by atoms with van der Waals surface area (Å²) in [6, 6.07) is 1.87. The molecule has 0 radical (unpaired) electrons. The van der Waals surface area contributed by atoms with Gasteiger partial charge in [-0.2, -0.15) is 5.10 Å². The second-order valence-corrected chi connectivity index (χ2v) is 3.61. The van der Waals surface area contributed by atoms with Crippen molar-refractivity contribution in [2.75, 3.05) is 13.2 Å². The molecule has 1 heterocycles. The van der Waals surface area contributed by atoms with Crippen LogP contribution in [0.1, 0.15) is 13.8 Å². The molecule has 1 N–H and O–H groups in total. The fourth-order valence-corrected chi connectivity index (χ4v) is 1.40. The molecule has 0 aliphatic carbocycles. The minimum atomic E-state index is -0.0252. The Bertz CT molecular complexity index is 296. The van der Waals surface area contributed by atoms with Crippen molar-refractivity contribution in [1.82, 2.24) is 14.7 Å². The lowest BCUT2D eigenvalue weighted by Gasteiger charge is -2.25. The molecule has 15 heavy (non-hydrogen) atoms. The second-order valence-electron chi connectivity index (χ2n) is 3.61. The molecule has 5 nitrogen and oxygen atoms in total. The van der Waals surface area contributed by atoms with E-state index in [2.05, 4.69) is 5.10 Å². The molecule has 0 unspecified atom stereocenters. The third-order valence-electron chi connectivity index (χ3n) is 2.14. The zero-order chi connectivity index (χ0) is 11.3. The van der Waals surface area contributed by atoms with Crippen molar-refractivity contribution < 1.29 is 9.90 Å². The average Bonchev–Trinajstić information content (AvgIpc) is 2.65. The molecule has 0 atom stereocenters. The van der Waals surface area contributed by atoms with E-state index in [1.165, 1.54) is 0 Å². The minimum Gasteiger partial charge on any atom is -0.395 e. The number of hydrogen-bond acceptors (Lipinski definition) is 3. The summed E-state index contributed by atoms with van der Waals surface area (Å²) in [6.07, 6.45) is 3.38. The number of aliphatic hydroxyl groups is 1. The minimum absolute atomic E-state index is 0.0109. The maximum atomic E-state index is 11.8. The van der Waals surface area contributed by atoms with Gasteiger partial charge in [0.1, 0.15) is 6.54 Å². The molecule has 0 saturated heterocycles. The van der Waals surface area contributed by atoms with Crippen molar-refractivity contribution in [2.24, 2.45) is 0 Å². The maximum Gasteiger partial charge on any atom is 0.244 e. The summed E-state index contributed by atoms with van der Waals surface area (Å²) in [6.45, 7) is 4.44. The van der Waals surface area contributed by atoms with E-state index in [0.717, 1.165) is 0 Å². The summed E-state index contributed by atoms with van der Waals surface area (Å²) >= 11 is 0. The zero-order valence-corrected chi connectivity index (χ0v) is 9.13. The van der Waals surface area contributed by atoms with Crippen LogP contribution in [0.3, 0.4) is 0 Å². The van der Waals surface area contributed by atoms with Gasteiger partial charge in [0, 0.05) is 25.0 Å². The number of carbonyl (C=O) groups excluding carboxylic acids is 1. The maximum absolute atomic E-state index is 11.8. The molecule has 1 aromatic heterocycles. The van der Waals surface area contributed by atoms with Gasteiger partial charge >= 0.3 is 0 Å². The molecule has 5 heteroatoms. The molecule has 1 rings (SSSR count). The first-order valence-corrected chi connectivity index (χ1v) is 5.03. The zero-order valence-electron chi connectivity index (χ0n) is 9.13. The van der Waals surface area contributed by atoms with Crippen LogP contribution in [0.4, 0.5) is 0 Å². The number of hydrogen-bond donors (Lipinski definition) is 1. The van der Waals surface area contributed by atoms with E-state index < -0.39 is 0 Å². The summed E-state index contributed by atoms with van der Waals surface area (Å²) in [5, 5.41) is 12.8. The number of carbonyl (C=O) groups is 1. The number of aromatic nitrogens is 2. The highest BCUT2D eigenvalue weighted by Crippen LogP contribution is 2.00. The molecular formula is C10H17N3O2. The highest BCUT2D eigenvalue weighted by Gasteiger charge is 2.16. The molecular weight excluding hydrogens is 194 g/mol.